The van der Waals surface area contributed by atoms with E-state index in [-0.39, 0.29) is 12.1 Å². The number of likely N-dealkylation sites (tertiary alicyclic amines) is 1. The van der Waals surface area contributed by atoms with E-state index in [0.717, 1.165) is 31.5 Å². The number of esters is 1. The number of ether oxygens (including phenoxy) is 2. The number of methoxy groups -OCH3 is 1. The van der Waals surface area contributed by atoms with E-state index in [9.17, 15) is 4.79 Å². The first-order chi connectivity index (χ1) is 9.20. The van der Waals surface area contributed by atoms with Crippen LogP contribution in [-0.2, 0) is 14.3 Å². The van der Waals surface area contributed by atoms with Crippen LogP contribution < -0.4 is 0 Å². The molecule has 2 atom stereocenters. The lowest BCUT2D eigenvalue weighted by Crippen LogP contribution is -2.39. The highest BCUT2D eigenvalue weighted by molar-refractivity contribution is 5.76. The van der Waals surface area contributed by atoms with Gasteiger partial charge in [0.1, 0.15) is 6.10 Å². The number of hydrogen-bond acceptors (Lipinski definition) is 4. The Labute approximate surface area is 114 Å². The maximum atomic E-state index is 12.2. The minimum Gasteiger partial charge on any atom is -0.459 e. The molecule has 1 aromatic carbocycles. The van der Waals surface area contributed by atoms with E-state index in [1.807, 2.05) is 37.4 Å². The molecule has 1 aliphatic rings. The van der Waals surface area contributed by atoms with Crippen molar-refractivity contribution in [2.24, 2.45) is 0 Å². The topological polar surface area (TPSA) is 38.8 Å². The number of rotatable bonds is 4. The number of hydrogen-bond donors (Lipinski definition) is 0. The summed E-state index contributed by atoms with van der Waals surface area (Å²) in [6.07, 6.45) is 1.35. The molecule has 1 aromatic rings. The monoisotopic (exact) mass is 263 g/mol. The van der Waals surface area contributed by atoms with Gasteiger partial charge < -0.3 is 14.4 Å². The van der Waals surface area contributed by atoms with Crippen molar-refractivity contribution in [2.75, 3.05) is 27.2 Å². The Morgan fingerprint density at radius 3 is 2.74 bits per heavy atom. The molecule has 0 N–H and O–H groups in total. The van der Waals surface area contributed by atoms with Crippen LogP contribution in [0.1, 0.15) is 24.5 Å². The largest absolute Gasteiger partial charge is 0.459 e. The molecule has 19 heavy (non-hydrogen) atoms. The van der Waals surface area contributed by atoms with Crippen LogP contribution in [0.4, 0.5) is 0 Å². The van der Waals surface area contributed by atoms with Crippen LogP contribution in [-0.4, -0.2) is 44.2 Å². The second kappa shape index (κ2) is 6.68. The lowest BCUT2D eigenvalue weighted by molar-refractivity contribution is -0.163. The number of carbonyl (C=O) groups is 1. The highest BCUT2D eigenvalue weighted by atomic mass is 16.6. The van der Waals surface area contributed by atoms with Crippen LogP contribution in [0.3, 0.4) is 0 Å². The molecule has 0 aliphatic carbocycles. The van der Waals surface area contributed by atoms with Crippen molar-refractivity contribution in [1.29, 1.82) is 0 Å². The molecule has 1 heterocycles. The van der Waals surface area contributed by atoms with Crippen LogP contribution in [0.15, 0.2) is 30.3 Å². The van der Waals surface area contributed by atoms with Crippen LogP contribution in [0, 0.1) is 0 Å². The number of carbonyl (C=O) groups excluding carboxylic acids is 1. The summed E-state index contributed by atoms with van der Waals surface area (Å²) in [6, 6.07) is 9.45. The molecule has 0 aromatic heterocycles. The van der Waals surface area contributed by atoms with Gasteiger partial charge in [0.2, 0.25) is 0 Å². The van der Waals surface area contributed by atoms with Gasteiger partial charge in [-0.05, 0) is 32.0 Å². The van der Waals surface area contributed by atoms with Crippen molar-refractivity contribution in [3.8, 4) is 0 Å². The van der Waals surface area contributed by atoms with Gasteiger partial charge in [0.25, 0.3) is 0 Å². The van der Waals surface area contributed by atoms with E-state index in [0.29, 0.717) is 0 Å². The molecule has 0 unspecified atom stereocenters. The highest BCUT2D eigenvalue weighted by Gasteiger charge is 2.27. The second-order valence-electron chi connectivity index (χ2n) is 4.99. The smallest absolute Gasteiger partial charge is 0.340 e. The molecule has 1 fully saturated rings. The molecular weight excluding hydrogens is 242 g/mol. The van der Waals surface area contributed by atoms with Crippen LogP contribution in [0.25, 0.3) is 0 Å². The van der Waals surface area contributed by atoms with Crippen LogP contribution in [0.5, 0.6) is 0 Å². The Bertz CT molecular complexity index is 407. The number of likely N-dealkylation sites (N-methyl/N-ethyl adjacent to an activating group) is 1. The summed E-state index contributed by atoms with van der Waals surface area (Å²) in [7, 11) is 3.58. The predicted octanol–water partition coefficient (Wildman–Crippen LogP) is 2.01. The third kappa shape index (κ3) is 3.78. The fourth-order valence-electron chi connectivity index (χ4n) is 2.44. The van der Waals surface area contributed by atoms with E-state index in [4.69, 9.17) is 9.47 Å². The summed E-state index contributed by atoms with van der Waals surface area (Å²) < 4.78 is 10.8. The zero-order valence-corrected chi connectivity index (χ0v) is 11.5. The molecule has 2 rings (SSSR count). The van der Waals surface area contributed by atoms with E-state index in [1.165, 1.54) is 7.11 Å². The maximum Gasteiger partial charge on any atom is 0.340 e. The van der Waals surface area contributed by atoms with Crippen molar-refractivity contribution >= 4 is 5.97 Å². The summed E-state index contributed by atoms with van der Waals surface area (Å²) in [5.41, 5.74) is 0.833. The Hall–Kier alpha value is -1.39. The molecule has 0 bridgehead atoms. The van der Waals surface area contributed by atoms with Gasteiger partial charge in [-0.25, -0.2) is 4.79 Å². The van der Waals surface area contributed by atoms with Crippen LogP contribution in [0.2, 0.25) is 0 Å². The number of piperidine rings is 1. The second-order valence-corrected chi connectivity index (χ2v) is 4.99. The fourth-order valence-corrected chi connectivity index (χ4v) is 2.44. The van der Waals surface area contributed by atoms with Gasteiger partial charge in [-0.1, -0.05) is 30.3 Å². The van der Waals surface area contributed by atoms with Crippen molar-refractivity contribution in [2.45, 2.75) is 25.0 Å². The third-order valence-corrected chi connectivity index (χ3v) is 3.42. The molecule has 0 spiro atoms. The molecule has 4 heteroatoms. The van der Waals surface area contributed by atoms with E-state index in [2.05, 4.69) is 4.90 Å². The lowest BCUT2D eigenvalue weighted by atomic mass is 10.1. The zero-order valence-electron chi connectivity index (χ0n) is 11.5. The van der Waals surface area contributed by atoms with Gasteiger partial charge in [-0.2, -0.15) is 0 Å². The predicted molar refractivity (Wildman–Crippen MR) is 72.8 cm³/mol. The fraction of sp³-hybridized carbons (Fsp3) is 0.533. The molecule has 4 nitrogen and oxygen atoms in total. The summed E-state index contributed by atoms with van der Waals surface area (Å²) in [5.74, 6) is -0.297. The highest BCUT2D eigenvalue weighted by Crippen LogP contribution is 2.20. The third-order valence-electron chi connectivity index (χ3n) is 3.42. The molecule has 0 amide bonds. The van der Waals surface area contributed by atoms with Gasteiger partial charge in [-0.15, -0.1) is 0 Å². The minimum atomic E-state index is -0.631. The lowest BCUT2D eigenvalue weighted by Gasteiger charge is -2.30. The number of nitrogens with zero attached hydrogens (tertiary/aromatic N) is 1. The van der Waals surface area contributed by atoms with E-state index >= 15 is 0 Å². The molecule has 0 saturated carbocycles. The number of benzene rings is 1. The van der Waals surface area contributed by atoms with Crippen molar-refractivity contribution in [3.05, 3.63) is 35.9 Å². The van der Waals surface area contributed by atoms with Crippen LogP contribution >= 0.6 is 0 Å². The standard InChI is InChI=1S/C15H21NO3/c1-16-10-6-9-13(11-16)19-15(17)14(18-2)12-7-4-3-5-8-12/h3-5,7-8,13-14H,6,9-11H2,1-2H3/t13-,14+/m0/s1. The van der Waals surface area contributed by atoms with Gasteiger partial charge in [-0.3, -0.25) is 0 Å². The normalized spacial score (nSPS) is 21.9. The van der Waals surface area contributed by atoms with Gasteiger partial charge in [0, 0.05) is 13.7 Å². The molecule has 1 saturated heterocycles. The summed E-state index contributed by atoms with van der Waals surface area (Å²) in [4.78, 5) is 14.4. The van der Waals surface area contributed by atoms with Gasteiger partial charge in [0.15, 0.2) is 6.10 Å². The van der Waals surface area contributed by atoms with Crippen molar-refractivity contribution in [3.63, 3.8) is 0 Å². The summed E-state index contributed by atoms with van der Waals surface area (Å²) in [5, 5.41) is 0. The first-order valence-corrected chi connectivity index (χ1v) is 6.67. The summed E-state index contributed by atoms with van der Waals surface area (Å²) in [6.45, 7) is 1.87. The molecule has 1 aliphatic heterocycles. The molecule has 0 radical (unpaired) electrons. The minimum absolute atomic E-state index is 0.0207. The zero-order chi connectivity index (χ0) is 13.7. The van der Waals surface area contributed by atoms with E-state index < -0.39 is 6.10 Å². The SMILES string of the molecule is CO[C@@H](C(=O)O[C@H]1CCCN(C)C1)c1ccccc1. The van der Waals surface area contributed by atoms with Crippen molar-refractivity contribution in [1.82, 2.24) is 4.90 Å². The van der Waals surface area contributed by atoms with Gasteiger partial charge >= 0.3 is 5.97 Å². The van der Waals surface area contributed by atoms with Gasteiger partial charge in [0.05, 0.1) is 0 Å². The average molecular weight is 263 g/mol. The first-order valence-electron chi connectivity index (χ1n) is 6.67. The molecule has 104 valence electrons. The first kappa shape index (κ1) is 14.0. The Morgan fingerprint density at radius 1 is 1.37 bits per heavy atom. The average Bonchev–Trinajstić information content (AvgIpc) is 2.41. The van der Waals surface area contributed by atoms with E-state index in [1.54, 1.807) is 0 Å². The quantitative estimate of drug-likeness (QED) is 0.779. The Morgan fingerprint density at radius 2 is 2.11 bits per heavy atom. The Balaban J connectivity index is 1.97. The van der Waals surface area contributed by atoms with Crippen molar-refractivity contribution < 1.29 is 14.3 Å². The molecular formula is C15H21NO3. The Kier molecular flexibility index (Phi) is 4.93. The maximum absolute atomic E-state index is 12.2. The summed E-state index contributed by atoms with van der Waals surface area (Å²) >= 11 is 0.